The van der Waals surface area contributed by atoms with Crippen molar-refractivity contribution in [1.82, 2.24) is 0 Å². The Morgan fingerprint density at radius 2 is 1.53 bits per heavy atom. The lowest BCUT2D eigenvalue weighted by Crippen LogP contribution is -2.25. The molecular weight excluding hydrogens is 196 g/mol. The molecule has 0 spiro atoms. The first kappa shape index (κ1) is 13.9. The lowest BCUT2D eigenvalue weighted by Gasteiger charge is -2.16. The van der Waals surface area contributed by atoms with E-state index in [1.54, 1.807) is 34.6 Å². The van der Waals surface area contributed by atoms with E-state index >= 15 is 0 Å². The second-order valence-electron chi connectivity index (χ2n) is 4.71. The largest absolute Gasteiger partial charge is 0.462 e. The molecule has 15 heavy (non-hydrogen) atoms. The third-order valence-corrected chi connectivity index (χ3v) is 1.64. The van der Waals surface area contributed by atoms with Crippen LogP contribution in [0.1, 0.15) is 34.6 Å². The molecule has 0 saturated heterocycles. The van der Waals surface area contributed by atoms with Crippen LogP contribution in [0.3, 0.4) is 0 Å². The van der Waals surface area contributed by atoms with Crippen molar-refractivity contribution in [3.8, 4) is 0 Å². The summed E-state index contributed by atoms with van der Waals surface area (Å²) in [7, 11) is 0. The molecule has 4 nitrogen and oxygen atoms in total. The van der Waals surface area contributed by atoms with Gasteiger partial charge in [0.25, 0.3) is 0 Å². The predicted octanol–water partition coefficient (Wildman–Crippen LogP) is 1.77. The smallest absolute Gasteiger partial charge is 0.311 e. The van der Waals surface area contributed by atoms with Crippen LogP contribution in [0.4, 0.5) is 0 Å². The highest BCUT2D eigenvalue weighted by Crippen LogP contribution is 2.14. The minimum atomic E-state index is -0.512. The summed E-state index contributed by atoms with van der Waals surface area (Å²) in [6.45, 7) is 9.07. The number of ether oxygens (including phenoxy) is 2. The van der Waals surface area contributed by atoms with Crippen LogP contribution >= 0.6 is 0 Å². The zero-order valence-corrected chi connectivity index (χ0v) is 10.1. The monoisotopic (exact) mass is 216 g/mol. The van der Waals surface area contributed by atoms with Gasteiger partial charge in [0, 0.05) is 0 Å². The molecule has 88 valence electrons. The maximum absolute atomic E-state index is 11.3. The molecule has 0 radical (unpaired) electrons. The van der Waals surface area contributed by atoms with E-state index in [0.717, 1.165) is 0 Å². The van der Waals surface area contributed by atoms with Crippen LogP contribution < -0.4 is 0 Å². The molecule has 0 aromatic rings. The highest BCUT2D eigenvalue weighted by molar-refractivity contribution is 5.75. The summed E-state index contributed by atoms with van der Waals surface area (Å²) in [5.41, 5.74) is -0.512. The fraction of sp³-hybridized carbons (Fsp3) is 0.818. The summed E-state index contributed by atoms with van der Waals surface area (Å²) in [4.78, 5) is 22.3. The van der Waals surface area contributed by atoms with E-state index in [4.69, 9.17) is 9.47 Å². The summed E-state index contributed by atoms with van der Waals surface area (Å²) in [6, 6.07) is 0. The number of carbonyl (C=O) groups is 2. The van der Waals surface area contributed by atoms with Crippen LogP contribution in [0.15, 0.2) is 0 Å². The van der Waals surface area contributed by atoms with Gasteiger partial charge in [-0.1, -0.05) is 13.8 Å². The summed E-state index contributed by atoms with van der Waals surface area (Å²) in [5, 5.41) is 0. The van der Waals surface area contributed by atoms with Crippen molar-refractivity contribution in [2.45, 2.75) is 34.6 Å². The van der Waals surface area contributed by atoms with Gasteiger partial charge in [-0.25, -0.2) is 0 Å². The van der Waals surface area contributed by atoms with Gasteiger partial charge < -0.3 is 9.47 Å². The maximum atomic E-state index is 11.3. The van der Waals surface area contributed by atoms with Crippen molar-refractivity contribution in [3.05, 3.63) is 0 Å². The second kappa shape index (κ2) is 5.73. The normalized spacial score (nSPS) is 11.3. The highest BCUT2D eigenvalue weighted by atomic mass is 16.6. The fourth-order valence-electron chi connectivity index (χ4n) is 0.660. The van der Waals surface area contributed by atoms with Crippen molar-refractivity contribution in [3.63, 3.8) is 0 Å². The molecule has 0 amide bonds. The van der Waals surface area contributed by atoms with Crippen LogP contribution in [-0.2, 0) is 19.1 Å². The molecule has 0 aliphatic heterocycles. The zero-order valence-electron chi connectivity index (χ0n) is 10.1. The summed E-state index contributed by atoms with van der Waals surface area (Å²) in [6.07, 6.45) is 0. The molecule has 0 atom stereocenters. The SMILES string of the molecule is CC(C)C(=O)OCCOC(=O)C(C)(C)C. The predicted molar refractivity (Wildman–Crippen MR) is 56.2 cm³/mol. The third-order valence-electron chi connectivity index (χ3n) is 1.64. The highest BCUT2D eigenvalue weighted by Gasteiger charge is 2.22. The molecule has 0 unspecified atom stereocenters. The first-order valence-corrected chi connectivity index (χ1v) is 5.09. The molecule has 0 aromatic carbocycles. The van der Waals surface area contributed by atoms with Crippen molar-refractivity contribution in [2.24, 2.45) is 11.3 Å². The lowest BCUT2D eigenvalue weighted by atomic mass is 9.97. The van der Waals surface area contributed by atoms with Gasteiger partial charge in [-0.2, -0.15) is 0 Å². The summed E-state index contributed by atoms with van der Waals surface area (Å²) >= 11 is 0. The third kappa shape index (κ3) is 6.10. The molecule has 0 saturated carbocycles. The topological polar surface area (TPSA) is 52.6 Å². The average molecular weight is 216 g/mol. The van der Waals surface area contributed by atoms with E-state index in [1.165, 1.54) is 0 Å². The van der Waals surface area contributed by atoms with E-state index in [2.05, 4.69) is 0 Å². The summed E-state index contributed by atoms with van der Waals surface area (Å²) in [5.74, 6) is -0.715. The number of hydrogen-bond donors (Lipinski definition) is 0. The Morgan fingerprint density at radius 1 is 1.07 bits per heavy atom. The zero-order chi connectivity index (χ0) is 12.1. The fourth-order valence-corrected chi connectivity index (χ4v) is 0.660. The van der Waals surface area contributed by atoms with Crippen molar-refractivity contribution in [1.29, 1.82) is 0 Å². The molecule has 0 aliphatic carbocycles. The van der Waals surface area contributed by atoms with Gasteiger partial charge in [-0.15, -0.1) is 0 Å². The Kier molecular flexibility index (Phi) is 5.33. The summed E-state index contributed by atoms with van der Waals surface area (Å²) < 4.78 is 9.77. The molecule has 0 aromatic heterocycles. The molecule has 0 N–H and O–H groups in total. The van der Waals surface area contributed by atoms with Crippen molar-refractivity contribution in [2.75, 3.05) is 13.2 Å². The quantitative estimate of drug-likeness (QED) is 0.531. The van der Waals surface area contributed by atoms with Crippen molar-refractivity contribution < 1.29 is 19.1 Å². The Labute approximate surface area is 90.9 Å². The Bertz CT molecular complexity index is 225. The van der Waals surface area contributed by atoms with Gasteiger partial charge >= 0.3 is 11.9 Å². The Balaban J connectivity index is 3.65. The van der Waals surface area contributed by atoms with Crippen LogP contribution in [0.25, 0.3) is 0 Å². The second-order valence-corrected chi connectivity index (χ2v) is 4.71. The van der Waals surface area contributed by atoms with Crippen LogP contribution in [0, 0.1) is 11.3 Å². The average Bonchev–Trinajstić information content (AvgIpc) is 2.09. The van der Waals surface area contributed by atoms with E-state index in [1.807, 2.05) is 0 Å². The number of carbonyl (C=O) groups excluding carboxylic acids is 2. The first-order valence-electron chi connectivity index (χ1n) is 5.09. The number of hydrogen-bond acceptors (Lipinski definition) is 4. The molecule has 0 aliphatic rings. The minimum Gasteiger partial charge on any atom is -0.462 e. The lowest BCUT2D eigenvalue weighted by molar-refractivity contribution is -0.159. The van der Waals surface area contributed by atoms with E-state index in [9.17, 15) is 9.59 Å². The van der Waals surface area contributed by atoms with Gasteiger partial charge in [0.15, 0.2) is 0 Å². The van der Waals surface area contributed by atoms with Gasteiger partial charge in [0.2, 0.25) is 0 Å². The molecular formula is C11H20O4. The van der Waals surface area contributed by atoms with Crippen LogP contribution in [0.5, 0.6) is 0 Å². The van der Waals surface area contributed by atoms with Crippen LogP contribution in [-0.4, -0.2) is 25.2 Å². The van der Waals surface area contributed by atoms with Gasteiger partial charge in [0.05, 0.1) is 11.3 Å². The number of esters is 2. The molecule has 0 heterocycles. The van der Waals surface area contributed by atoms with Gasteiger partial charge in [-0.3, -0.25) is 9.59 Å². The van der Waals surface area contributed by atoms with E-state index in [0.29, 0.717) is 0 Å². The molecule has 4 heteroatoms. The van der Waals surface area contributed by atoms with Gasteiger partial charge in [0.1, 0.15) is 13.2 Å². The van der Waals surface area contributed by atoms with Crippen LogP contribution in [0.2, 0.25) is 0 Å². The maximum Gasteiger partial charge on any atom is 0.311 e. The number of rotatable bonds is 4. The van der Waals surface area contributed by atoms with E-state index < -0.39 is 5.41 Å². The van der Waals surface area contributed by atoms with Gasteiger partial charge in [-0.05, 0) is 20.8 Å². The minimum absolute atomic E-state index is 0.120. The standard InChI is InChI=1S/C11H20O4/c1-8(2)9(12)14-6-7-15-10(13)11(3,4)5/h8H,6-7H2,1-5H3. The molecule has 0 fully saturated rings. The Morgan fingerprint density at radius 3 is 1.93 bits per heavy atom. The van der Waals surface area contributed by atoms with E-state index in [-0.39, 0.29) is 31.1 Å². The molecule has 0 bridgehead atoms. The Hall–Kier alpha value is -1.06. The molecule has 0 rings (SSSR count). The first-order chi connectivity index (χ1) is 6.75. The van der Waals surface area contributed by atoms with Crippen molar-refractivity contribution >= 4 is 11.9 Å².